The lowest BCUT2D eigenvalue weighted by molar-refractivity contribution is -0.384. The van der Waals surface area contributed by atoms with Gasteiger partial charge in [-0.05, 0) is 18.4 Å². The lowest BCUT2D eigenvalue weighted by Gasteiger charge is -1.99. The molecule has 7 heteroatoms. The van der Waals surface area contributed by atoms with Gasteiger partial charge >= 0.3 is 0 Å². The fraction of sp³-hybridized carbons (Fsp3) is 0.333. The van der Waals surface area contributed by atoms with Crippen molar-refractivity contribution < 1.29 is 9.45 Å². The van der Waals surface area contributed by atoms with Crippen molar-refractivity contribution in [1.82, 2.24) is 10.1 Å². The summed E-state index contributed by atoms with van der Waals surface area (Å²) in [7, 11) is 0. The first-order chi connectivity index (χ1) is 9.06. The molecule has 2 N–H and O–H groups in total. The molecule has 0 bridgehead atoms. The van der Waals surface area contributed by atoms with Gasteiger partial charge in [-0.1, -0.05) is 12.1 Å². The van der Waals surface area contributed by atoms with E-state index >= 15 is 0 Å². The molecule has 1 fully saturated rings. The first-order valence-electron chi connectivity index (χ1n) is 5.94. The van der Waals surface area contributed by atoms with E-state index in [-0.39, 0.29) is 11.6 Å². The van der Waals surface area contributed by atoms with Gasteiger partial charge in [0.2, 0.25) is 0 Å². The number of hydrogen-bond donors (Lipinski definition) is 1. The number of aromatic nitrogens is 2. The molecule has 1 aliphatic carbocycles. The predicted molar refractivity (Wildman–Crippen MR) is 67.3 cm³/mol. The Hall–Kier alpha value is -2.44. The third kappa shape index (κ3) is 2.03. The highest BCUT2D eigenvalue weighted by atomic mass is 16.6. The van der Waals surface area contributed by atoms with Crippen LogP contribution in [-0.4, -0.2) is 15.1 Å². The predicted octanol–water partition coefficient (Wildman–Crippen LogP) is 2.35. The summed E-state index contributed by atoms with van der Waals surface area (Å²) < 4.78 is 5.15. The average Bonchev–Trinajstić information content (AvgIpc) is 2.91. The molecular weight excluding hydrogens is 248 g/mol. The van der Waals surface area contributed by atoms with Gasteiger partial charge in [0.15, 0.2) is 5.82 Å². The van der Waals surface area contributed by atoms with E-state index in [2.05, 4.69) is 17.1 Å². The second-order valence-corrected chi connectivity index (χ2v) is 4.81. The van der Waals surface area contributed by atoms with Gasteiger partial charge in [-0.3, -0.25) is 10.1 Å². The fourth-order valence-corrected chi connectivity index (χ4v) is 2.02. The second-order valence-electron chi connectivity index (χ2n) is 4.81. The van der Waals surface area contributed by atoms with Gasteiger partial charge in [0.05, 0.1) is 10.5 Å². The van der Waals surface area contributed by atoms with Crippen LogP contribution in [-0.2, 0) is 0 Å². The van der Waals surface area contributed by atoms with E-state index in [1.165, 1.54) is 18.2 Å². The Labute approximate surface area is 108 Å². The maximum absolute atomic E-state index is 10.8. The second kappa shape index (κ2) is 4.04. The number of rotatable bonds is 3. The zero-order valence-corrected chi connectivity index (χ0v) is 10.2. The van der Waals surface area contributed by atoms with Crippen LogP contribution >= 0.6 is 0 Å². The Balaban J connectivity index is 1.99. The molecule has 1 saturated carbocycles. The number of nitrogens with two attached hydrogens (primary N) is 1. The number of non-ortho nitro benzene ring substituents is 1. The molecule has 0 saturated heterocycles. The zero-order valence-electron chi connectivity index (χ0n) is 10.2. The van der Waals surface area contributed by atoms with Crippen LogP contribution in [0.25, 0.3) is 11.5 Å². The third-order valence-corrected chi connectivity index (χ3v) is 3.36. The fourth-order valence-electron chi connectivity index (χ4n) is 2.02. The minimum Gasteiger partial charge on any atom is -0.398 e. The summed E-state index contributed by atoms with van der Waals surface area (Å²) >= 11 is 0. The minimum atomic E-state index is -0.483. The van der Waals surface area contributed by atoms with Gasteiger partial charge in [0.1, 0.15) is 0 Å². The lowest BCUT2D eigenvalue weighted by Crippen LogP contribution is -1.94. The Morgan fingerprint density at radius 1 is 1.53 bits per heavy atom. The summed E-state index contributed by atoms with van der Waals surface area (Å²) in [6.07, 6.45) is 1.05. The molecule has 0 amide bonds. The van der Waals surface area contributed by atoms with E-state index in [1.807, 2.05) is 0 Å². The molecule has 2 atom stereocenters. The monoisotopic (exact) mass is 260 g/mol. The molecule has 0 radical (unpaired) electrons. The molecule has 0 aliphatic heterocycles. The Bertz CT molecular complexity index is 652. The molecule has 98 valence electrons. The molecule has 7 nitrogen and oxygen atoms in total. The van der Waals surface area contributed by atoms with Crippen LogP contribution in [0, 0.1) is 16.0 Å². The summed E-state index contributed by atoms with van der Waals surface area (Å²) in [5, 5.41) is 14.7. The number of anilines is 1. The van der Waals surface area contributed by atoms with E-state index in [1.54, 1.807) is 0 Å². The molecule has 1 aliphatic rings. The lowest BCUT2D eigenvalue weighted by atomic mass is 10.1. The van der Waals surface area contributed by atoms with Crippen LogP contribution in [0.1, 0.15) is 25.1 Å². The molecule has 0 spiro atoms. The number of nitro benzene ring substituents is 1. The van der Waals surface area contributed by atoms with Crippen molar-refractivity contribution in [3.63, 3.8) is 0 Å². The normalized spacial score (nSPS) is 21.3. The van der Waals surface area contributed by atoms with Crippen LogP contribution in [0.5, 0.6) is 0 Å². The first-order valence-corrected chi connectivity index (χ1v) is 5.94. The molecule has 1 aromatic carbocycles. The molecule has 1 heterocycles. The van der Waals surface area contributed by atoms with Crippen molar-refractivity contribution in [3.8, 4) is 11.5 Å². The molecule has 2 unspecified atom stereocenters. The maximum Gasteiger partial charge on any atom is 0.270 e. The van der Waals surface area contributed by atoms with Crippen LogP contribution < -0.4 is 5.73 Å². The topological polar surface area (TPSA) is 108 Å². The van der Waals surface area contributed by atoms with Gasteiger partial charge in [0.25, 0.3) is 11.6 Å². The number of hydrogen-bond acceptors (Lipinski definition) is 6. The van der Waals surface area contributed by atoms with E-state index < -0.39 is 4.92 Å². The summed E-state index contributed by atoms with van der Waals surface area (Å²) in [5.74, 6) is 1.77. The van der Waals surface area contributed by atoms with Crippen LogP contribution in [0.4, 0.5) is 11.4 Å². The quantitative estimate of drug-likeness (QED) is 0.515. The Morgan fingerprint density at radius 3 is 2.89 bits per heavy atom. The highest BCUT2D eigenvalue weighted by Crippen LogP contribution is 2.46. The largest absolute Gasteiger partial charge is 0.398 e. The van der Waals surface area contributed by atoms with Crippen LogP contribution in [0.3, 0.4) is 0 Å². The highest BCUT2D eigenvalue weighted by Gasteiger charge is 2.38. The van der Waals surface area contributed by atoms with Crippen molar-refractivity contribution in [3.05, 3.63) is 34.1 Å². The summed E-state index contributed by atoms with van der Waals surface area (Å²) in [4.78, 5) is 14.6. The first kappa shape index (κ1) is 11.6. The molecule has 2 aromatic rings. The van der Waals surface area contributed by atoms with E-state index in [0.717, 1.165) is 6.42 Å². The summed E-state index contributed by atoms with van der Waals surface area (Å²) in [6, 6.07) is 4.17. The van der Waals surface area contributed by atoms with Crippen molar-refractivity contribution in [2.24, 2.45) is 5.92 Å². The van der Waals surface area contributed by atoms with E-state index in [0.29, 0.717) is 28.9 Å². The van der Waals surface area contributed by atoms with Gasteiger partial charge < -0.3 is 10.3 Å². The molecule has 19 heavy (non-hydrogen) atoms. The number of benzene rings is 1. The van der Waals surface area contributed by atoms with Crippen molar-refractivity contribution >= 4 is 11.4 Å². The Kier molecular flexibility index (Phi) is 2.48. The molecule has 1 aromatic heterocycles. The zero-order chi connectivity index (χ0) is 13.6. The Morgan fingerprint density at radius 2 is 2.26 bits per heavy atom. The van der Waals surface area contributed by atoms with Gasteiger partial charge in [0, 0.05) is 23.7 Å². The molecule has 3 rings (SSSR count). The third-order valence-electron chi connectivity index (χ3n) is 3.36. The number of nitro groups is 1. The number of nitrogen functional groups attached to an aromatic ring is 1. The van der Waals surface area contributed by atoms with Gasteiger partial charge in [-0.15, -0.1) is 0 Å². The maximum atomic E-state index is 10.8. The smallest absolute Gasteiger partial charge is 0.270 e. The van der Waals surface area contributed by atoms with Crippen molar-refractivity contribution in [1.29, 1.82) is 0 Å². The van der Waals surface area contributed by atoms with E-state index in [4.69, 9.17) is 10.3 Å². The van der Waals surface area contributed by atoms with Crippen molar-refractivity contribution in [2.75, 3.05) is 5.73 Å². The van der Waals surface area contributed by atoms with Crippen LogP contribution in [0.2, 0.25) is 0 Å². The van der Waals surface area contributed by atoms with Gasteiger partial charge in [-0.2, -0.15) is 4.98 Å². The van der Waals surface area contributed by atoms with Crippen LogP contribution in [0.15, 0.2) is 22.7 Å². The van der Waals surface area contributed by atoms with Gasteiger partial charge in [-0.25, -0.2) is 0 Å². The molecular formula is C12H12N4O3. The SMILES string of the molecule is CC1CC1c1noc(-c2cc([N+](=O)[O-])ccc2N)n1. The highest BCUT2D eigenvalue weighted by molar-refractivity contribution is 5.73. The standard InChI is InChI=1S/C12H12N4O3/c1-6-4-8(6)11-14-12(19-15-11)9-5-7(16(17)18)2-3-10(9)13/h2-3,5-6,8H,4,13H2,1H3. The van der Waals surface area contributed by atoms with E-state index in [9.17, 15) is 10.1 Å². The average molecular weight is 260 g/mol. The summed E-state index contributed by atoms with van der Waals surface area (Å²) in [5.41, 5.74) is 6.53. The summed E-state index contributed by atoms with van der Waals surface area (Å²) in [6.45, 7) is 2.11. The van der Waals surface area contributed by atoms with Crippen molar-refractivity contribution in [2.45, 2.75) is 19.3 Å². The number of nitrogens with zero attached hydrogens (tertiary/aromatic N) is 3. The minimum absolute atomic E-state index is 0.0521.